The van der Waals surface area contributed by atoms with Gasteiger partial charge in [-0.3, -0.25) is 4.90 Å². The third-order valence-corrected chi connectivity index (χ3v) is 3.53. The first kappa shape index (κ1) is 11.7. The molecule has 0 unspecified atom stereocenters. The maximum absolute atomic E-state index is 9.50. The zero-order valence-corrected chi connectivity index (χ0v) is 9.93. The molecule has 1 saturated carbocycles. The van der Waals surface area contributed by atoms with Crippen molar-refractivity contribution in [3.63, 3.8) is 0 Å². The molecule has 0 amide bonds. The maximum atomic E-state index is 9.50. The standard InChI is InChI=1S/C13H21NO2/c1-2-14(10-13-4-3-9-16-13)11-5-7-12(15)8-6-11/h3-4,9,11-12,15H,2,5-8,10H2,1H3. The number of rotatable bonds is 4. The third kappa shape index (κ3) is 2.86. The van der Waals surface area contributed by atoms with Gasteiger partial charge < -0.3 is 9.52 Å². The fraction of sp³-hybridized carbons (Fsp3) is 0.692. The predicted octanol–water partition coefficient (Wildman–Crippen LogP) is 2.41. The molecule has 16 heavy (non-hydrogen) atoms. The number of aliphatic hydroxyl groups is 1. The SMILES string of the molecule is CCN(Cc1ccco1)C1CCC(O)CC1. The van der Waals surface area contributed by atoms with Crippen molar-refractivity contribution in [1.29, 1.82) is 0 Å². The van der Waals surface area contributed by atoms with Gasteiger partial charge in [0, 0.05) is 6.04 Å². The van der Waals surface area contributed by atoms with Crippen molar-refractivity contribution in [3.05, 3.63) is 24.2 Å². The van der Waals surface area contributed by atoms with E-state index in [1.807, 2.05) is 12.1 Å². The molecule has 2 rings (SSSR count). The van der Waals surface area contributed by atoms with E-state index in [-0.39, 0.29) is 6.10 Å². The molecule has 0 saturated heterocycles. The van der Waals surface area contributed by atoms with Crippen LogP contribution in [0.1, 0.15) is 38.4 Å². The quantitative estimate of drug-likeness (QED) is 0.851. The van der Waals surface area contributed by atoms with Gasteiger partial charge in [-0.1, -0.05) is 6.92 Å². The highest BCUT2D eigenvalue weighted by atomic mass is 16.3. The van der Waals surface area contributed by atoms with Crippen LogP contribution in [-0.4, -0.2) is 28.7 Å². The lowest BCUT2D eigenvalue weighted by Gasteiger charge is -2.34. The third-order valence-electron chi connectivity index (χ3n) is 3.53. The number of hydrogen-bond donors (Lipinski definition) is 1. The molecule has 1 aliphatic carbocycles. The Labute approximate surface area is 97.1 Å². The van der Waals surface area contributed by atoms with Gasteiger partial charge in [-0.15, -0.1) is 0 Å². The van der Waals surface area contributed by atoms with Gasteiger partial charge >= 0.3 is 0 Å². The van der Waals surface area contributed by atoms with E-state index in [9.17, 15) is 5.11 Å². The summed E-state index contributed by atoms with van der Waals surface area (Å²) in [5, 5.41) is 9.50. The second-order valence-corrected chi connectivity index (χ2v) is 4.60. The van der Waals surface area contributed by atoms with E-state index < -0.39 is 0 Å². The normalized spacial score (nSPS) is 26.2. The fourth-order valence-electron chi connectivity index (χ4n) is 2.53. The lowest BCUT2D eigenvalue weighted by molar-refractivity contribution is 0.0698. The minimum Gasteiger partial charge on any atom is -0.468 e. The lowest BCUT2D eigenvalue weighted by Crippen LogP contribution is -2.38. The summed E-state index contributed by atoms with van der Waals surface area (Å²) in [4.78, 5) is 2.45. The summed E-state index contributed by atoms with van der Waals surface area (Å²) in [6.45, 7) is 4.12. The van der Waals surface area contributed by atoms with Crippen molar-refractivity contribution in [3.8, 4) is 0 Å². The van der Waals surface area contributed by atoms with Gasteiger partial charge in [0.15, 0.2) is 0 Å². The molecule has 3 nitrogen and oxygen atoms in total. The van der Waals surface area contributed by atoms with Crippen LogP contribution in [0.4, 0.5) is 0 Å². The Hall–Kier alpha value is -0.800. The molecule has 0 aromatic carbocycles. The monoisotopic (exact) mass is 223 g/mol. The molecule has 0 spiro atoms. The van der Waals surface area contributed by atoms with Crippen LogP contribution in [0.15, 0.2) is 22.8 Å². The molecule has 0 bridgehead atoms. The Bertz CT molecular complexity index is 289. The molecule has 1 aromatic rings. The highest BCUT2D eigenvalue weighted by molar-refractivity contribution is 4.98. The van der Waals surface area contributed by atoms with Crippen LogP contribution in [-0.2, 0) is 6.54 Å². The summed E-state index contributed by atoms with van der Waals surface area (Å²) in [7, 11) is 0. The summed E-state index contributed by atoms with van der Waals surface area (Å²) >= 11 is 0. The van der Waals surface area contributed by atoms with Crippen molar-refractivity contribution in [1.82, 2.24) is 4.90 Å². The molecule has 90 valence electrons. The van der Waals surface area contributed by atoms with Crippen molar-refractivity contribution in [2.24, 2.45) is 0 Å². The average Bonchev–Trinajstić information content (AvgIpc) is 2.80. The van der Waals surface area contributed by atoms with Gasteiger partial charge in [-0.25, -0.2) is 0 Å². The molecule has 1 aliphatic rings. The van der Waals surface area contributed by atoms with Crippen molar-refractivity contribution >= 4 is 0 Å². The summed E-state index contributed by atoms with van der Waals surface area (Å²) < 4.78 is 5.39. The average molecular weight is 223 g/mol. The fourth-order valence-corrected chi connectivity index (χ4v) is 2.53. The molecule has 1 fully saturated rings. The minimum atomic E-state index is -0.0708. The maximum Gasteiger partial charge on any atom is 0.117 e. The molecular weight excluding hydrogens is 202 g/mol. The van der Waals surface area contributed by atoms with E-state index >= 15 is 0 Å². The van der Waals surface area contributed by atoms with Gasteiger partial charge in [0.2, 0.25) is 0 Å². The van der Waals surface area contributed by atoms with Gasteiger partial charge in [0.25, 0.3) is 0 Å². The molecule has 1 heterocycles. The largest absolute Gasteiger partial charge is 0.468 e. The Kier molecular flexibility index (Phi) is 4.02. The zero-order chi connectivity index (χ0) is 11.4. The van der Waals surface area contributed by atoms with Crippen molar-refractivity contribution in [2.45, 2.75) is 51.3 Å². The second kappa shape index (κ2) is 5.51. The summed E-state index contributed by atoms with van der Waals surface area (Å²) in [6.07, 6.45) is 5.76. The van der Waals surface area contributed by atoms with Crippen LogP contribution in [0.5, 0.6) is 0 Å². The Morgan fingerprint density at radius 1 is 1.38 bits per heavy atom. The number of aliphatic hydroxyl groups excluding tert-OH is 1. The Morgan fingerprint density at radius 2 is 2.12 bits per heavy atom. The molecule has 0 radical (unpaired) electrons. The minimum absolute atomic E-state index is 0.0708. The van der Waals surface area contributed by atoms with Crippen LogP contribution >= 0.6 is 0 Å². The molecule has 1 N–H and O–H groups in total. The molecule has 3 heteroatoms. The number of furan rings is 1. The van der Waals surface area contributed by atoms with Crippen LogP contribution in [0.25, 0.3) is 0 Å². The van der Waals surface area contributed by atoms with E-state index in [0.717, 1.165) is 44.5 Å². The van der Waals surface area contributed by atoms with E-state index in [1.165, 1.54) is 0 Å². The summed E-state index contributed by atoms with van der Waals surface area (Å²) in [5.74, 6) is 1.04. The first-order chi connectivity index (χ1) is 7.79. The highest BCUT2D eigenvalue weighted by Crippen LogP contribution is 2.24. The second-order valence-electron chi connectivity index (χ2n) is 4.60. The van der Waals surface area contributed by atoms with Crippen LogP contribution in [0.2, 0.25) is 0 Å². The van der Waals surface area contributed by atoms with Crippen LogP contribution in [0.3, 0.4) is 0 Å². The highest BCUT2D eigenvalue weighted by Gasteiger charge is 2.24. The summed E-state index contributed by atoms with van der Waals surface area (Å²) in [6, 6.07) is 4.58. The van der Waals surface area contributed by atoms with Crippen LogP contribution in [0, 0.1) is 0 Å². The molecule has 0 atom stereocenters. The van der Waals surface area contributed by atoms with Gasteiger partial charge in [-0.2, -0.15) is 0 Å². The molecule has 0 aliphatic heterocycles. The van der Waals surface area contributed by atoms with E-state index in [2.05, 4.69) is 11.8 Å². The van der Waals surface area contributed by atoms with Gasteiger partial charge in [-0.05, 0) is 44.4 Å². The predicted molar refractivity (Wildman–Crippen MR) is 63.1 cm³/mol. The number of hydrogen-bond acceptors (Lipinski definition) is 3. The smallest absolute Gasteiger partial charge is 0.117 e. The van der Waals surface area contributed by atoms with Gasteiger partial charge in [0.05, 0.1) is 18.9 Å². The zero-order valence-electron chi connectivity index (χ0n) is 9.93. The van der Waals surface area contributed by atoms with E-state index in [4.69, 9.17) is 4.42 Å². The number of nitrogens with zero attached hydrogens (tertiary/aromatic N) is 1. The van der Waals surface area contributed by atoms with Crippen LogP contribution < -0.4 is 0 Å². The van der Waals surface area contributed by atoms with Crippen molar-refractivity contribution in [2.75, 3.05) is 6.54 Å². The van der Waals surface area contributed by atoms with Crippen molar-refractivity contribution < 1.29 is 9.52 Å². The lowest BCUT2D eigenvalue weighted by atomic mass is 9.92. The van der Waals surface area contributed by atoms with Gasteiger partial charge in [0.1, 0.15) is 5.76 Å². The van der Waals surface area contributed by atoms with E-state index in [1.54, 1.807) is 6.26 Å². The first-order valence-electron chi connectivity index (χ1n) is 6.24. The topological polar surface area (TPSA) is 36.6 Å². The Balaban J connectivity index is 1.89. The van der Waals surface area contributed by atoms with E-state index in [0.29, 0.717) is 6.04 Å². The summed E-state index contributed by atoms with van der Waals surface area (Å²) in [5.41, 5.74) is 0. The molecular formula is C13H21NO2. The Morgan fingerprint density at radius 3 is 2.69 bits per heavy atom. The first-order valence-corrected chi connectivity index (χ1v) is 6.24. The molecule has 1 aromatic heterocycles.